The van der Waals surface area contributed by atoms with Crippen LogP contribution in [0.5, 0.6) is 0 Å². The molecule has 0 aliphatic carbocycles. The van der Waals surface area contributed by atoms with Gasteiger partial charge >= 0.3 is 5.97 Å². The van der Waals surface area contributed by atoms with Gasteiger partial charge in [-0.15, -0.1) is 0 Å². The predicted octanol–water partition coefficient (Wildman–Crippen LogP) is 16.3. The summed E-state index contributed by atoms with van der Waals surface area (Å²) in [5, 5.41) is 56.9. The van der Waals surface area contributed by atoms with Crippen molar-refractivity contribution in [2.75, 3.05) is 13.2 Å². The maximum atomic E-state index is 13.4. The summed E-state index contributed by atoms with van der Waals surface area (Å²) in [6.45, 7) is 5.61. The zero-order chi connectivity index (χ0) is 58.9. The standard InChI is InChI=1S/C70H121NO10/c1-4-7-10-13-16-19-22-24-26-28-29-30-31-32-33-34-35-36-38-40-43-46-49-52-55-58-65(75)81-68-67(77)66(76)64(59-72)80-70(68)79-60-61(62(73)56-53-50-47-44-41-21-18-15-12-9-6-3)71-69(78)63(74)57-54-51-48-45-42-39-37-27-25-23-20-17-14-11-8-5-2/h8,11,16-17,19-20,24-27,39,42,48,51,53,56,61-64,66-68,70,72-74,76-77H,4-7,9-10,12-15,18,21-23,28-38,40-41,43-47,49-50,52,54-55,57-60H2,1-3H3,(H,71,78)/b11-8-,19-16-,20-17-,26-24-,27-25-,42-39-,51-48-,56-53+. The van der Waals surface area contributed by atoms with E-state index >= 15 is 0 Å². The van der Waals surface area contributed by atoms with E-state index in [0.717, 1.165) is 83.5 Å². The maximum absolute atomic E-state index is 13.4. The SMILES string of the molecule is CC/C=C\C/C=C\C/C=C\C/C=C\C/C=C\CCC(O)C(=O)NC(COC1OC(CO)C(O)C(O)C1OC(=O)CCCCCCCCCCCCCCCCC/C=C\C/C=C\CCCCC)C(O)/C=C/CCCCCCCCCCC. The molecule has 0 radical (unpaired) electrons. The van der Waals surface area contributed by atoms with Crippen LogP contribution in [0.3, 0.4) is 0 Å². The Hall–Kier alpha value is -3.42. The van der Waals surface area contributed by atoms with Crippen LogP contribution in [-0.2, 0) is 23.8 Å². The van der Waals surface area contributed by atoms with Crippen LogP contribution in [0.4, 0.5) is 0 Å². The van der Waals surface area contributed by atoms with Crippen molar-refractivity contribution in [3.05, 3.63) is 97.2 Å². The molecule has 11 heteroatoms. The number of esters is 1. The van der Waals surface area contributed by atoms with Crippen LogP contribution in [0.2, 0.25) is 0 Å². The second kappa shape index (κ2) is 57.0. The number of carbonyl (C=O) groups is 2. The molecular weight excluding hydrogens is 1010 g/mol. The number of hydrogen-bond acceptors (Lipinski definition) is 10. The molecule has 6 N–H and O–H groups in total. The number of hydrogen-bond donors (Lipinski definition) is 6. The lowest BCUT2D eigenvalue weighted by molar-refractivity contribution is -0.305. The fraction of sp³-hybridized carbons (Fsp3) is 0.743. The fourth-order valence-electron chi connectivity index (χ4n) is 9.77. The Morgan fingerprint density at radius 2 is 0.889 bits per heavy atom. The Bertz CT molecular complexity index is 1690. The molecule has 8 unspecified atom stereocenters. The van der Waals surface area contributed by atoms with Crippen LogP contribution in [0, 0.1) is 0 Å². The van der Waals surface area contributed by atoms with Gasteiger partial charge in [0, 0.05) is 6.42 Å². The molecule has 0 aromatic rings. The molecule has 1 saturated heterocycles. The molecule has 1 amide bonds. The number of carbonyl (C=O) groups excluding carboxylic acids is 2. The highest BCUT2D eigenvalue weighted by atomic mass is 16.7. The van der Waals surface area contributed by atoms with E-state index in [2.05, 4.69) is 99.0 Å². The van der Waals surface area contributed by atoms with Gasteiger partial charge in [-0.2, -0.15) is 0 Å². The van der Waals surface area contributed by atoms with Crippen LogP contribution < -0.4 is 5.32 Å². The summed E-state index contributed by atoms with van der Waals surface area (Å²) in [5.74, 6) is -1.26. The molecule has 0 saturated carbocycles. The van der Waals surface area contributed by atoms with Crippen molar-refractivity contribution in [1.82, 2.24) is 5.32 Å². The van der Waals surface area contributed by atoms with Crippen molar-refractivity contribution in [2.24, 2.45) is 0 Å². The molecule has 0 bridgehead atoms. The summed E-state index contributed by atoms with van der Waals surface area (Å²) in [6.07, 6.45) is 66.1. The molecule has 1 rings (SSSR count). The smallest absolute Gasteiger partial charge is 0.306 e. The summed E-state index contributed by atoms with van der Waals surface area (Å²) in [4.78, 5) is 26.6. The minimum atomic E-state index is -1.63. The number of rotatable bonds is 55. The number of nitrogens with one attached hydrogen (secondary N) is 1. The van der Waals surface area contributed by atoms with Crippen molar-refractivity contribution in [1.29, 1.82) is 0 Å². The molecule has 8 atom stereocenters. The van der Waals surface area contributed by atoms with Crippen molar-refractivity contribution in [2.45, 2.75) is 320 Å². The minimum Gasteiger partial charge on any atom is -0.454 e. The lowest BCUT2D eigenvalue weighted by Gasteiger charge is -2.41. The second-order valence-electron chi connectivity index (χ2n) is 22.5. The van der Waals surface area contributed by atoms with Gasteiger partial charge in [0.2, 0.25) is 5.91 Å². The summed E-state index contributed by atoms with van der Waals surface area (Å²) >= 11 is 0. The summed E-state index contributed by atoms with van der Waals surface area (Å²) in [6, 6.07) is -1.06. The van der Waals surface area contributed by atoms with Crippen molar-refractivity contribution in [3.63, 3.8) is 0 Å². The van der Waals surface area contributed by atoms with E-state index in [9.17, 15) is 35.1 Å². The number of aliphatic hydroxyl groups is 5. The van der Waals surface area contributed by atoms with Gasteiger partial charge in [0.25, 0.3) is 0 Å². The monoisotopic (exact) mass is 1140 g/mol. The minimum absolute atomic E-state index is 0.113. The molecule has 1 aliphatic rings. The van der Waals surface area contributed by atoms with Crippen molar-refractivity contribution >= 4 is 11.9 Å². The summed E-state index contributed by atoms with van der Waals surface area (Å²) < 4.78 is 17.6. The van der Waals surface area contributed by atoms with E-state index in [1.807, 2.05) is 18.2 Å². The van der Waals surface area contributed by atoms with Gasteiger partial charge in [0.1, 0.15) is 24.4 Å². The third-order valence-corrected chi connectivity index (χ3v) is 15.0. The highest BCUT2D eigenvalue weighted by Crippen LogP contribution is 2.26. The van der Waals surface area contributed by atoms with Crippen LogP contribution in [0.1, 0.15) is 271 Å². The molecule has 11 nitrogen and oxygen atoms in total. The van der Waals surface area contributed by atoms with E-state index in [0.29, 0.717) is 12.8 Å². The van der Waals surface area contributed by atoms with E-state index in [1.165, 1.54) is 141 Å². The van der Waals surface area contributed by atoms with Gasteiger partial charge in [-0.1, -0.05) is 266 Å². The topological polar surface area (TPSA) is 175 Å². The Balaban J connectivity index is 2.60. The Labute approximate surface area is 495 Å². The molecule has 1 fully saturated rings. The van der Waals surface area contributed by atoms with Gasteiger partial charge in [0.15, 0.2) is 12.4 Å². The zero-order valence-electron chi connectivity index (χ0n) is 51.6. The van der Waals surface area contributed by atoms with Crippen LogP contribution in [-0.4, -0.2) is 99.6 Å². The summed E-state index contributed by atoms with van der Waals surface area (Å²) in [5.41, 5.74) is 0. The normalized spacial score (nSPS) is 19.3. The quantitative estimate of drug-likeness (QED) is 0.0195. The average molecular weight is 1140 g/mol. The lowest BCUT2D eigenvalue weighted by atomic mass is 9.99. The third kappa shape index (κ3) is 44.7. The molecule has 81 heavy (non-hydrogen) atoms. The first-order valence-corrected chi connectivity index (χ1v) is 33.0. The van der Waals surface area contributed by atoms with Crippen LogP contribution in [0.15, 0.2) is 97.2 Å². The molecule has 0 aromatic heterocycles. The van der Waals surface area contributed by atoms with E-state index < -0.39 is 67.4 Å². The van der Waals surface area contributed by atoms with Gasteiger partial charge in [-0.05, 0) is 96.3 Å². The highest BCUT2D eigenvalue weighted by molar-refractivity contribution is 5.80. The number of ether oxygens (including phenoxy) is 3. The summed E-state index contributed by atoms with van der Waals surface area (Å²) in [7, 11) is 0. The van der Waals surface area contributed by atoms with Gasteiger partial charge in [-0.25, -0.2) is 0 Å². The number of allylic oxidation sites excluding steroid dienone is 15. The Morgan fingerprint density at radius 3 is 1.36 bits per heavy atom. The molecule has 1 aliphatic heterocycles. The largest absolute Gasteiger partial charge is 0.454 e. The van der Waals surface area contributed by atoms with Crippen molar-refractivity contribution < 1.29 is 49.3 Å². The second-order valence-corrected chi connectivity index (χ2v) is 22.5. The Morgan fingerprint density at radius 1 is 0.494 bits per heavy atom. The van der Waals surface area contributed by atoms with Crippen LogP contribution in [0.25, 0.3) is 0 Å². The van der Waals surface area contributed by atoms with E-state index in [4.69, 9.17) is 14.2 Å². The van der Waals surface area contributed by atoms with Gasteiger partial charge in [0.05, 0.1) is 25.4 Å². The van der Waals surface area contributed by atoms with Crippen molar-refractivity contribution in [3.8, 4) is 0 Å². The lowest BCUT2D eigenvalue weighted by Crippen LogP contribution is -2.61. The molecule has 466 valence electrons. The molecule has 0 spiro atoms. The molecule has 1 heterocycles. The zero-order valence-corrected chi connectivity index (χ0v) is 51.6. The number of amides is 1. The highest BCUT2D eigenvalue weighted by Gasteiger charge is 2.47. The average Bonchev–Trinajstić information content (AvgIpc) is 3.50. The number of aliphatic hydroxyl groups excluding tert-OH is 5. The molecular formula is C70H121NO10. The Kier molecular flexibility index (Phi) is 53.2. The van der Waals surface area contributed by atoms with Gasteiger partial charge < -0.3 is 45.1 Å². The fourth-order valence-corrected chi connectivity index (χ4v) is 9.77. The molecule has 0 aromatic carbocycles. The predicted molar refractivity (Wildman–Crippen MR) is 338 cm³/mol. The first-order valence-electron chi connectivity index (χ1n) is 33.0. The van der Waals surface area contributed by atoms with Crippen LogP contribution >= 0.6 is 0 Å². The van der Waals surface area contributed by atoms with E-state index in [1.54, 1.807) is 6.08 Å². The maximum Gasteiger partial charge on any atom is 0.306 e. The van der Waals surface area contributed by atoms with Gasteiger partial charge in [-0.3, -0.25) is 9.59 Å². The third-order valence-electron chi connectivity index (χ3n) is 15.0. The van der Waals surface area contributed by atoms with E-state index in [-0.39, 0.29) is 19.4 Å². The number of unbranched alkanes of at least 4 members (excludes halogenated alkanes) is 27. The first kappa shape index (κ1) is 75.6. The first-order chi connectivity index (χ1) is 39.7.